The van der Waals surface area contributed by atoms with E-state index in [1.165, 1.54) is 13.1 Å². The van der Waals surface area contributed by atoms with Crippen LogP contribution < -0.4 is 5.73 Å². The number of hydrogen-bond acceptors (Lipinski definition) is 3. The maximum Gasteiger partial charge on any atom is 0.161 e. The molecule has 4 heteroatoms. The van der Waals surface area contributed by atoms with Crippen LogP contribution in [0.4, 0.5) is 0 Å². The number of nitrogens with two attached hydrogens (primary N) is 1. The lowest BCUT2D eigenvalue weighted by Crippen LogP contribution is -2.21. The highest BCUT2D eigenvalue weighted by molar-refractivity contribution is 6.30. The monoisotopic (exact) mass is 226 g/mol. The Morgan fingerprint density at radius 1 is 1.53 bits per heavy atom. The van der Waals surface area contributed by atoms with Crippen LogP contribution in [0, 0.1) is 5.92 Å². The van der Waals surface area contributed by atoms with Crippen LogP contribution in [0.2, 0.25) is 5.02 Å². The first-order chi connectivity index (χ1) is 6.93. The maximum atomic E-state index is 11.4. The highest BCUT2D eigenvalue weighted by Gasteiger charge is 2.18. The van der Waals surface area contributed by atoms with Gasteiger partial charge in [0.15, 0.2) is 5.78 Å². The second-order valence-electron chi connectivity index (χ2n) is 3.91. The zero-order valence-electron chi connectivity index (χ0n) is 9.12. The largest absolute Gasteiger partial charge is 0.322 e. The van der Waals surface area contributed by atoms with Crippen molar-refractivity contribution in [2.45, 2.75) is 26.8 Å². The van der Waals surface area contributed by atoms with E-state index < -0.39 is 0 Å². The molecule has 0 saturated carbocycles. The summed E-state index contributed by atoms with van der Waals surface area (Å²) in [5.41, 5.74) is 7.11. The van der Waals surface area contributed by atoms with Gasteiger partial charge < -0.3 is 5.73 Å². The van der Waals surface area contributed by atoms with Gasteiger partial charge in [-0.05, 0) is 18.9 Å². The van der Waals surface area contributed by atoms with E-state index in [2.05, 4.69) is 4.98 Å². The molecule has 1 rings (SSSR count). The highest BCUT2D eigenvalue weighted by Crippen LogP contribution is 2.23. The Labute approximate surface area is 94.6 Å². The molecule has 82 valence electrons. The number of carbonyl (C=O) groups excluding carboxylic acids is 1. The van der Waals surface area contributed by atoms with E-state index in [-0.39, 0.29) is 17.7 Å². The van der Waals surface area contributed by atoms with Crippen molar-refractivity contribution in [1.82, 2.24) is 4.98 Å². The topological polar surface area (TPSA) is 56.0 Å². The number of nitrogens with zero attached hydrogens (tertiary/aromatic N) is 1. The van der Waals surface area contributed by atoms with E-state index in [1.54, 1.807) is 6.07 Å². The Hall–Kier alpha value is -0.930. The van der Waals surface area contributed by atoms with Gasteiger partial charge in [-0.3, -0.25) is 9.78 Å². The third-order valence-corrected chi connectivity index (χ3v) is 2.51. The average Bonchev–Trinajstić information content (AvgIpc) is 2.16. The summed E-state index contributed by atoms with van der Waals surface area (Å²) in [5, 5.41) is 0.458. The first-order valence-corrected chi connectivity index (χ1v) is 5.23. The van der Waals surface area contributed by atoms with Gasteiger partial charge in [0, 0.05) is 11.8 Å². The summed E-state index contributed by atoms with van der Waals surface area (Å²) in [6.07, 6.45) is 1.52. The lowest BCUT2D eigenvalue weighted by Gasteiger charge is -2.17. The summed E-state index contributed by atoms with van der Waals surface area (Å²) >= 11 is 5.79. The average molecular weight is 227 g/mol. The Balaban J connectivity index is 3.22. The molecule has 0 aliphatic carbocycles. The third-order valence-electron chi connectivity index (χ3n) is 2.30. The van der Waals surface area contributed by atoms with E-state index in [0.29, 0.717) is 16.3 Å². The second-order valence-corrected chi connectivity index (χ2v) is 4.35. The molecular formula is C11H15ClN2O. The summed E-state index contributed by atoms with van der Waals surface area (Å²) in [6, 6.07) is 1.38. The zero-order chi connectivity index (χ0) is 11.6. The van der Waals surface area contributed by atoms with Crippen molar-refractivity contribution in [1.29, 1.82) is 0 Å². The van der Waals surface area contributed by atoms with Gasteiger partial charge in [-0.15, -0.1) is 0 Å². The van der Waals surface area contributed by atoms with Gasteiger partial charge in [-0.1, -0.05) is 25.4 Å². The summed E-state index contributed by atoms with van der Waals surface area (Å²) in [4.78, 5) is 15.5. The van der Waals surface area contributed by atoms with E-state index in [0.717, 1.165) is 0 Å². The fraction of sp³-hybridized carbons (Fsp3) is 0.455. The number of aromatic nitrogens is 1. The van der Waals surface area contributed by atoms with Gasteiger partial charge in [0.2, 0.25) is 0 Å². The quantitative estimate of drug-likeness (QED) is 0.806. The van der Waals surface area contributed by atoms with Gasteiger partial charge >= 0.3 is 0 Å². The lowest BCUT2D eigenvalue weighted by molar-refractivity contribution is 0.101. The van der Waals surface area contributed by atoms with Crippen molar-refractivity contribution in [3.63, 3.8) is 0 Å². The predicted octanol–water partition coefficient (Wildman–Crippen LogP) is 2.59. The molecule has 1 aromatic rings. The third kappa shape index (κ3) is 2.76. The molecule has 1 atom stereocenters. The predicted molar refractivity (Wildman–Crippen MR) is 61.0 cm³/mol. The molecule has 0 aliphatic heterocycles. The molecule has 0 aromatic carbocycles. The van der Waals surface area contributed by atoms with Gasteiger partial charge in [-0.2, -0.15) is 0 Å². The zero-order valence-corrected chi connectivity index (χ0v) is 9.88. The molecule has 3 nitrogen and oxygen atoms in total. The van der Waals surface area contributed by atoms with Crippen molar-refractivity contribution in [2.24, 2.45) is 11.7 Å². The normalized spacial score (nSPS) is 12.9. The summed E-state index contributed by atoms with van der Waals surface area (Å²) < 4.78 is 0. The van der Waals surface area contributed by atoms with Crippen molar-refractivity contribution in [3.8, 4) is 0 Å². The molecule has 0 aliphatic rings. The standard InChI is InChI=1S/C11H15ClN2O/c1-6(2)10(13)11-9(7(3)15)4-8(12)5-14-11/h4-6,10H,13H2,1-3H3/t10-/m0/s1. The molecule has 0 saturated heterocycles. The molecule has 0 amide bonds. The number of carbonyl (C=O) groups is 1. The molecule has 0 fully saturated rings. The van der Waals surface area contributed by atoms with Gasteiger partial charge in [0.25, 0.3) is 0 Å². The van der Waals surface area contributed by atoms with Crippen LogP contribution in [0.5, 0.6) is 0 Å². The lowest BCUT2D eigenvalue weighted by atomic mass is 9.96. The minimum Gasteiger partial charge on any atom is -0.322 e. The number of halogens is 1. The fourth-order valence-electron chi connectivity index (χ4n) is 1.31. The summed E-state index contributed by atoms with van der Waals surface area (Å²) in [7, 11) is 0. The number of ketones is 1. The van der Waals surface area contributed by atoms with Crippen LogP contribution >= 0.6 is 11.6 Å². The first-order valence-electron chi connectivity index (χ1n) is 4.85. The number of pyridine rings is 1. The van der Waals surface area contributed by atoms with Crippen LogP contribution in [-0.4, -0.2) is 10.8 Å². The summed E-state index contributed by atoms with van der Waals surface area (Å²) in [5.74, 6) is 0.174. The van der Waals surface area contributed by atoms with Crippen LogP contribution in [-0.2, 0) is 0 Å². The van der Waals surface area contributed by atoms with Gasteiger partial charge in [0.05, 0.1) is 16.8 Å². The Kier molecular flexibility index (Phi) is 3.83. The van der Waals surface area contributed by atoms with Crippen LogP contribution in [0.25, 0.3) is 0 Å². The van der Waals surface area contributed by atoms with E-state index in [1.807, 2.05) is 13.8 Å². The molecule has 0 bridgehead atoms. The highest BCUT2D eigenvalue weighted by atomic mass is 35.5. The SMILES string of the molecule is CC(=O)c1cc(Cl)cnc1[C@@H](N)C(C)C. The molecular weight excluding hydrogens is 212 g/mol. The number of hydrogen-bond donors (Lipinski definition) is 1. The first kappa shape index (κ1) is 12.1. The molecule has 2 N–H and O–H groups in total. The van der Waals surface area contributed by atoms with Gasteiger partial charge in [0.1, 0.15) is 0 Å². The number of Topliss-reactive ketones (excluding diaryl/α,β-unsaturated/α-hetero) is 1. The second kappa shape index (κ2) is 4.73. The Bertz CT molecular complexity index is 377. The smallest absolute Gasteiger partial charge is 0.161 e. The van der Waals surface area contributed by atoms with Crippen molar-refractivity contribution < 1.29 is 4.79 Å². The summed E-state index contributed by atoms with van der Waals surface area (Å²) in [6.45, 7) is 5.47. The van der Waals surface area contributed by atoms with Crippen LogP contribution in [0.3, 0.4) is 0 Å². The van der Waals surface area contributed by atoms with Crippen LogP contribution in [0.1, 0.15) is 42.9 Å². The van der Waals surface area contributed by atoms with E-state index in [4.69, 9.17) is 17.3 Å². The Morgan fingerprint density at radius 2 is 2.13 bits per heavy atom. The van der Waals surface area contributed by atoms with Crippen molar-refractivity contribution in [3.05, 3.63) is 28.5 Å². The van der Waals surface area contributed by atoms with Gasteiger partial charge in [-0.25, -0.2) is 0 Å². The maximum absolute atomic E-state index is 11.4. The fourth-order valence-corrected chi connectivity index (χ4v) is 1.47. The molecule has 0 unspecified atom stereocenters. The molecule has 0 radical (unpaired) electrons. The number of rotatable bonds is 3. The van der Waals surface area contributed by atoms with Crippen LogP contribution in [0.15, 0.2) is 12.3 Å². The minimum absolute atomic E-state index is 0.0592. The van der Waals surface area contributed by atoms with E-state index in [9.17, 15) is 4.79 Å². The minimum atomic E-state index is -0.235. The Morgan fingerprint density at radius 3 is 2.60 bits per heavy atom. The van der Waals surface area contributed by atoms with Crippen molar-refractivity contribution >= 4 is 17.4 Å². The molecule has 1 heterocycles. The van der Waals surface area contributed by atoms with Crippen molar-refractivity contribution in [2.75, 3.05) is 0 Å². The molecule has 15 heavy (non-hydrogen) atoms. The van der Waals surface area contributed by atoms with E-state index >= 15 is 0 Å². The molecule has 0 spiro atoms. The molecule has 1 aromatic heterocycles.